The monoisotopic (exact) mass is 411 g/mol. The number of carbonyl (C=O) groups excluding carboxylic acids is 2. The third-order valence-corrected chi connectivity index (χ3v) is 5.83. The average Bonchev–Trinajstić information content (AvgIpc) is 2.65. The fraction of sp³-hybridized carbons (Fsp3) is 0.579. The predicted molar refractivity (Wildman–Crippen MR) is 108 cm³/mol. The molecule has 28 heavy (non-hydrogen) atoms. The van der Waals surface area contributed by atoms with Crippen LogP contribution in [0.15, 0.2) is 24.3 Å². The number of anilines is 1. The Bertz CT molecular complexity index is 784. The quantitative estimate of drug-likeness (QED) is 0.713. The van der Waals surface area contributed by atoms with Crippen molar-refractivity contribution in [2.75, 3.05) is 49.9 Å². The molecule has 1 aliphatic rings. The highest BCUT2D eigenvalue weighted by atomic mass is 32.2. The van der Waals surface area contributed by atoms with Crippen molar-refractivity contribution < 1.29 is 22.7 Å². The zero-order chi connectivity index (χ0) is 20.9. The molecule has 0 saturated carbocycles. The molecule has 8 nitrogen and oxygen atoms in total. The fourth-order valence-corrected chi connectivity index (χ4v) is 3.85. The summed E-state index contributed by atoms with van der Waals surface area (Å²) in [5, 5.41) is 0. The molecule has 0 N–H and O–H groups in total. The standard InChI is InChI=1S/C19H29N3O5S/c1-5-27-19(24)21-12-10-20(11-13-21)18(23)14-22(28(4,25)26)17-8-6-16(7-9-17)15(2)3/h6-9,15H,5,10-14H2,1-4H3. The highest BCUT2D eigenvalue weighted by Gasteiger charge is 2.28. The molecule has 2 rings (SSSR count). The van der Waals surface area contributed by atoms with Gasteiger partial charge in [0.2, 0.25) is 15.9 Å². The molecular formula is C19H29N3O5S. The summed E-state index contributed by atoms with van der Waals surface area (Å²) in [7, 11) is -3.62. The van der Waals surface area contributed by atoms with Gasteiger partial charge in [-0.3, -0.25) is 9.10 Å². The van der Waals surface area contributed by atoms with E-state index in [1.807, 2.05) is 12.1 Å². The predicted octanol–water partition coefficient (Wildman–Crippen LogP) is 1.88. The summed E-state index contributed by atoms with van der Waals surface area (Å²) in [6.45, 7) is 7.33. The van der Waals surface area contributed by atoms with Gasteiger partial charge in [-0.25, -0.2) is 13.2 Å². The number of amides is 2. The molecule has 1 aliphatic heterocycles. The molecule has 0 radical (unpaired) electrons. The second kappa shape index (κ2) is 9.27. The number of piperazine rings is 1. The molecule has 2 amide bonds. The Labute approximate surface area is 167 Å². The van der Waals surface area contributed by atoms with Crippen LogP contribution in [0.2, 0.25) is 0 Å². The van der Waals surface area contributed by atoms with Crippen molar-refractivity contribution in [1.29, 1.82) is 0 Å². The normalized spacial score (nSPS) is 14.9. The van der Waals surface area contributed by atoms with Crippen molar-refractivity contribution >= 4 is 27.7 Å². The summed E-state index contributed by atoms with van der Waals surface area (Å²) in [6, 6.07) is 7.20. The third-order valence-electron chi connectivity index (χ3n) is 4.69. The number of benzene rings is 1. The second-order valence-corrected chi connectivity index (χ2v) is 8.99. The van der Waals surface area contributed by atoms with Crippen molar-refractivity contribution in [1.82, 2.24) is 9.80 Å². The van der Waals surface area contributed by atoms with Gasteiger partial charge in [0.1, 0.15) is 6.54 Å². The maximum Gasteiger partial charge on any atom is 0.409 e. The maximum absolute atomic E-state index is 12.7. The summed E-state index contributed by atoms with van der Waals surface area (Å²) < 4.78 is 30.6. The first-order valence-electron chi connectivity index (χ1n) is 9.40. The lowest BCUT2D eigenvalue weighted by Crippen LogP contribution is -2.53. The van der Waals surface area contributed by atoms with Crippen LogP contribution in [0.5, 0.6) is 0 Å². The fourth-order valence-electron chi connectivity index (χ4n) is 3.00. The van der Waals surface area contributed by atoms with Gasteiger partial charge < -0.3 is 14.5 Å². The molecule has 1 aromatic carbocycles. The van der Waals surface area contributed by atoms with Crippen LogP contribution in [0.4, 0.5) is 10.5 Å². The third kappa shape index (κ3) is 5.60. The van der Waals surface area contributed by atoms with Crippen LogP contribution >= 0.6 is 0 Å². The number of hydrogen-bond donors (Lipinski definition) is 0. The lowest BCUT2D eigenvalue weighted by Gasteiger charge is -2.35. The van der Waals surface area contributed by atoms with Crippen molar-refractivity contribution in [2.24, 2.45) is 0 Å². The molecule has 1 aromatic rings. The van der Waals surface area contributed by atoms with Gasteiger partial charge in [0.05, 0.1) is 18.6 Å². The molecule has 9 heteroatoms. The van der Waals surface area contributed by atoms with Crippen molar-refractivity contribution in [3.8, 4) is 0 Å². The van der Waals surface area contributed by atoms with Crippen LogP contribution < -0.4 is 4.31 Å². The Kier molecular flexibility index (Phi) is 7.29. The summed E-state index contributed by atoms with van der Waals surface area (Å²) in [6.07, 6.45) is 0.701. The Hall–Kier alpha value is -2.29. The van der Waals surface area contributed by atoms with Crippen molar-refractivity contribution in [2.45, 2.75) is 26.7 Å². The van der Waals surface area contributed by atoms with E-state index in [9.17, 15) is 18.0 Å². The Morgan fingerprint density at radius 2 is 1.61 bits per heavy atom. The van der Waals surface area contributed by atoms with Gasteiger partial charge >= 0.3 is 6.09 Å². The summed E-state index contributed by atoms with van der Waals surface area (Å²) >= 11 is 0. The molecule has 1 heterocycles. The Morgan fingerprint density at radius 1 is 1.07 bits per heavy atom. The molecule has 0 aliphatic carbocycles. The van der Waals surface area contributed by atoms with Gasteiger partial charge in [0.25, 0.3) is 0 Å². The molecular weight excluding hydrogens is 382 g/mol. The number of nitrogens with zero attached hydrogens (tertiary/aromatic N) is 3. The molecule has 0 spiro atoms. The lowest BCUT2D eigenvalue weighted by molar-refractivity contribution is -0.131. The van der Waals surface area contributed by atoms with E-state index in [1.54, 1.807) is 28.9 Å². The number of carbonyl (C=O) groups is 2. The minimum atomic E-state index is -3.62. The molecule has 1 saturated heterocycles. The number of sulfonamides is 1. The van der Waals surface area contributed by atoms with E-state index < -0.39 is 16.1 Å². The number of ether oxygens (including phenoxy) is 1. The average molecular weight is 412 g/mol. The maximum atomic E-state index is 12.7. The van der Waals surface area contributed by atoms with Crippen molar-refractivity contribution in [3.63, 3.8) is 0 Å². The van der Waals surface area contributed by atoms with E-state index in [-0.39, 0.29) is 12.5 Å². The van der Waals surface area contributed by atoms with Gasteiger partial charge in [-0.2, -0.15) is 0 Å². The molecule has 156 valence electrons. The first-order chi connectivity index (χ1) is 13.1. The highest BCUT2D eigenvalue weighted by Crippen LogP contribution is 2.22. The van der Waals surface area contributed by atoms with Gasteiger partial charge in [0.15, 0.2) is 0 Å². The van der Waals surface area contributed by atoms with Crippen LogP contribution in [0.3, 0.4) is 0 Å². The Balaban J connectivity index is 2.05. The van der Waals surface area contributed by atoms with Crippen LogP contribution in [0.25, 0.3) is 0 Å². The SMILES string of the molecule is CCOC(=O)N1CCN(C(=O)CN(c2ccc(C(C)C)cc2)S(C)(=O)=O)CC1. The van der Waals surface area contributed by atoms with E-state index in [0.29, 0.717) is 44.4 Å². The van der Waals surface area contributed by atoms with Crippen LogP contribution in [0, 0.1) is 0 Å². The van der Waals surface area contributed by atoms with E-state index in [0.717, 1.165) is 16.1 Å². The van der Waals surface area contributed by atoms with Crippen LogP contribution in [0.1, 0.15) is 32.3 Å². The van der Waals surface area contributed by atoms with E-state index in [4.69, 9.17) is 4.74 Å². The number of rotatable bonds is 6. The summed E-state index contributed by atoms with van der Waals surface area (Å²) in [4.78, 5) is 27.6. The number of hydrogen-bond acceptors (Lipinski definition) is 5. The molecule has 0 bridgehead atoms. The van der Waals surface area contributed by atoms with Crippen LogP contribution in [-0.2, 0) is 19.6 Å². The van der Waals surface area contributed by atoms with Gasteiger partial charge in [0, 0.05) is 26.2 Å². The highest BCUT2D eigenvalue weighted by molar-refractivity contribution is 7.92. The molecule has 1 fully saturated rings. The van der Waals surface area contributed by atoms with Crippen LogP contribution in [-0.4, -0.2) is 75.8 Å². The first-order valence-corrected chi connectivity index (χ1v) is 11.3. The smallest absolute Gasteiger partial charge is 0.409 e. The molecule has 0 unspecified atom stereocenters. The van der Waals surface area contributed by atoms with Crippen molar-refractivity contribution in [3.05, 3.63) is 29.8 Å². The van der Waals surface area contributed by atoms with E-state index >= 15 is 0 Å². The second-order valence-electron chi connectivity index (χ2n) is 7.08. The first kappa shape index (κ1) is 22.0. The minimum Gasteiger partial charge on any atom is -0.450 e. The molecule has 0 aromatic heterocycles. The zero-order valence-corrected chi connectivity index (χ0v) is 17.7. The largest absolute Gasteiger partial charge is 0.450 e. The topological polar surface area (TPSA) is 87.2 Å². The zero-order valence-electron chi connectivity index (χ0n) is 16.9. The summed E-state index contributed by atoms with van der Waals surface area (Å²) in [5.41, 5.74) is 1.56. The van der Waals surface area contributed by atoms with Gasteiger partial charge in [-0.1, -0.05) is 26.0 Å². The lowest BCUT2D eigenvalue weighted by atomic mass is 10.0. The Morgan fingerprint density at radius 3 is 2.07 bits per heavy atom. The van der Waals surface area contributed by atoms with Gasteiger partial charge in [-0.05, 0) is 30.5 Å². The minimum absolute atomic E-state index is 0.265. The van der Waals surface area contributed by atoms with Gasteiger partial charge in [-0.15, -0.1) is 0 Å². The van der Waals surface area contributed by atoms with E-state index in [2.05, 4.69) is 13.8 Å². The molecule has 0 atom stereocenters. The van der Waals surface area contributed by atoms with E-state index in [1.165, 1.54) is 0 Å². The summed E-state index contributed by atoms with van der Waals surface area (Å²) in [5.74, 6) is 0.0416.